The van der Waals surface area contributed by atoms with Crippen LogP contribution < -0.4 is 0 Å². The fraction of sp³-hybridized carbons (Fsp3) is 0.966. The van der Waals surface area contributed by atoms with Crippen molar-refractivity contribution in [3.05, 3.63) is 0 Å². The lowest BCUT2D eigenvalue weighted by molar-refractivity contribution is -0.148. The molecule has 0 aliphatic carbocycles. The van der Waals surface area contributed by atoms with E-state index in [9.17, 15) is 14.7 Å². The normalized spacial score (nSPS) is 12.6. The maximum atomic E-state index is 13.9. The van der Waals surface area contributed by atoms with E-state index in [4.69, 9.17) is 0 Å². The van der Waals surface area contributed by atoms with Crippen molar-refractivity contribution >= 4 is 11.8 Å². The van der Waals surface area contributed by atoms with Gasteiger partial charge in [0.15, 0.2) is 0 Å². The molecule has 0 heterocycles. The number of rotatable bonds is 54. The molecule has 0 bridgehead atoms. The summed E-state index contributed by atoms with van der Waals surface area (Å²) in [6, 6.07) is 0. The molecule has 0 amide bonds. The van der Waals surface area contributed by atoms with Crippen LogP contribution in [0.3, 0.4) is 0 Å². The number of hydrogen-bond donors (Lipinski definition) is 1. The number of carbonyl (C=O) groups excluding carboxylic acids is 1. The predicted octanol–water partition coefficient (Wildman–Crippen LogP) is 20.8. The summed E-state index contributed by atoms with van der Waals surface area (Å²) in [5.41, 5.74) is 0. The minimum Gasteiger partial charge on any atom is -0.481 e. The summed E-state index contributed by atoms with van der Waals surface area (Å²) in [6.45, 7) is 6.87. The van der Waals surface area contributed by atoms with Crippen LogP contribution in [-0.2, 0) is 9.59 Å². The van der Waals surface area contributed by atoms with Crippen molar-refractivity contribution in [1.29, 1.82) is 0 Å². The average molecular weight is 860 g/mol. The highest BCUT2D eigenvalue weighted by atomic mass is 16.4. The highest BCUT2D eigenvalue weighted by Gasteiger charge is 2.31. The molecule has 0 fully saturated rings. The minimum atomic E-state index is -0.867. The SMILES string of the molecule is CCCCCCCCCCCCCCCCCCCCCCC(CCCCCCCCCCCCCCCC)C(=O)C(CCCCCCCCCCCCCCCC)C(=O)O. The van der Waals surface area contributed by atoms with Crippen LogP contribution in [0.25, 0.3) is 0 Å². The third-order valence-corrected chi connectivity index (χ3v) is 14.2. The second-order valence-corrected chi connectivity index (χ2v) is 20.3. The largest absolute Gasteiger partial charge is 0.481 e. The monoisotopic (exact) mass is 859 g/mol. The van der Waals surface area contributed by atoms with Gasteiger partial charge >= 0.3 is 5.97 Å². The van der Waals surface area contributed by atoms with Gasteiger partial charge in [0.05, 0.1) is 0 Å². The van der Waals surface area contributed by atoms with Gasteiger partial charge in [0.25, 0.3) is 0 Å². The second-order valence-electron chi connectivity index (χ2n) is 20.3. The Morgan fingerprint density at radius 3 is 0.607 bits per heavy atom. The van der Waals surface area contributed by atoms with Crippen molar-refractivity contribution in [3.63, 3.8) is 0 Å². The molecule has 0 saturated heterocycles. The lowest BCUT2D eigenvalue weighted by atomic mass is 9.82. The van der Waals surface area contributed by atoms with Crippen molar-refractivity contribution < 1.29 is 14.7 Å². The van der Waals surface area contributed by atoms with Crippen LogP contribution in [0.4, 0.5) is 0 Å². The van der Waals surface area contributed by atoms with Crippen molar-refractivity contribution in [3.8, 4) is 0 Å². The zero-order valence-electron chi connectivity index (χ0n) is 42.5. The first-order chi connectivity index (χ1) is 30.1. The number of carboxylic acid groups (broad SMARTS) is 1. The van der Waals surface area contributed by atoms with Crippen LogP contribution in [0, 0.1) is 11.8 Å². The molecule has 0 aromatic heterocycles. The van der Waals surface area contributed by atoms with E-state index in [-0.39, 0.29) is 11.7 Å². The fourth-order valence-corrected chi connectivity index (χ4v) is 9.88. The van der Waals surface area contributed by atoms with Crippen molar-refractivity contribution in [2.24, 2.45) is 11.8 Å². The van der Waals surface area contributed by atoms with E-state index in [2.05, 4.69) is 20.8 Å². The summed E-state index contributed by atoms with van der Waals surface area (Å²) in [7, 11) is 0. The van der Waals surface area contributed by atoms with Gasteiger partial charge in [0, 0.05) is 5.92 Å². The van der Waals surface area contributed by atoms with E-state index < -0.39 is 11.9 Å². The van der Waals surface area contributed by atoms with Gasteiger partial charge < -0.3 is 5.11 Å². The molecule has 3 heteroatoms. The van der Waals surface area contributed by atoms with Crippen LogP contribution in [0.2, 0.25) is 0 Å². The van der Waals surface area contributed by atoms with Gasteiger partial charge in [-0.25, -0.2) is 0 Å². The number of carboxylic acids is 1. The molecule has 0 radical (unpaired) electrons. The molecule has 1 N–H and O–H groups in total. The molecular formula is C58H114O3. The molecule has 0 spiro atoms. The molecule has 2 unspecified atom stereocenters. The van der Waals surface area contributed by atoms with E-state index in [1.807, 2.05) is 0 Å². The summed E-state index contributed by atoms with van der Waals surface area (Å²) in [6.07, 6.45) is 66.8. The molecule has 0 saturated carbocycles. The van der Waals surface area contributed by atoms with Gasteiger partial charge in [-0.15, -0.1) is 0 Å². The maximum absolute atomic E-state index is 13.9. The molecule has 0 aliphatic heterocycles. The van der Waals surface area contributed by atoms with Crippen molar-refractivity contribution in [1.82, 2.24) is 0 Å². The highest BCUT2D eigenvalue weighted by Crippen LogP contribution is 2.27. The van der Waals surface area contributed by atoms with Crippen LogP contribution in [-0.4, -0.2) is 16.9 Å². The molecule has 0 aromatic carbocycles. The Hall–Kier alpha value is -0.860. The molecule has 61 heavy (non-hydrogen) atoms. The van der Waals surface area contributed by atoms with E-state index in [1.165, 1.54) is 283 Å². The Balaban J connectivity index is 4.38. The third kappa shape index (κ3) is 45.5. The quantitative estimate of drug-likeness (QED) is 0.0490. The Kier molecular flexibility index (Phi) is 51.0. The summed E-state index contributed by atoms with van der Waals surface area (Å²) in [4.78, 5) is 26.3. The smallest absolute Gasteiger partial charge is 0.314 e. The van der Waals surface area contributed by atoms with E-state index in [0.717, 1.165) is 38.5 Å². The van der Waals surface area contributed by atoms with Gasteiger partial charge in [0.1, 0.15) is 11.7 Å². The first-order valence-corrected chi connectivity index (χ1v) is 28.8. The topological polar surface area (TPSA) is 54.4 Å². The summed E-state index contributed by atoms with van der Waals surface area (Å²) < 4.78 is 0. The number of hydrogen-bond acceptors (Lipinski definition) is 2. The maximum Gasteiger partial charge on any atom is 0.314 e. The van der Waals surface area contributed by atoms with Crippen LogP contribution in [0.5, 0.6) is 0 Å². The summed E-state index contributed by atoms with van der Waals surface area (Å²) >= 11 is 0. The van der Waals surface area contributed by atoms with Crippen LogP contribution in [0.1, 0.15) is 348 Å². The predicted molar refractivity (Wildman–Crippen MR) is 272 cm³/mol. The zero-order chi connectivity index (χ0) is 44.4. The second kappa shape index (κ2) is 51.8. The molecule has 0 aliphatic rings. The number of carbonyl (C=O) groups is 2. The number of unbranched alkanes of at least 4 members (excludes halogenated alkanes) is 45. The van der Waals surface area contributed by atoms with E-state index >= 15 is 0 Å². The van der Waals surface area contributed by atoms with Crippen molar-refractivity contribution in [2.45, 2.75) is 348 Å². The first kappa shape index (κ1) is 60.1. The van der Waals surface area contributed by atoms with Gasteiger partial charge in [-0.2, -0.15) is 0 Å². The van der Waals surface area contributed by atoms with Crippen LogP contribution >= 0.6 is 0 Å². The highest BCUT2D eigenvalue weighted by molar-refractivity contribution is 5.99. The molecule has 0 aromatic rings. The molecule has 2 atom stereocenters. The molecule has 0 rings (SSSR count). The summed E-state index contributed by atoms with van der Waals surface area (Å²) in [5, 5.41) is 10.2. The lowest BCUT2D eigenvalue weighted by Crippen LogP contribution is -2.30. The van der Waals surface area contributed by atoms with Gasteiger partial charge in [-0.1, -0.05) is 329 Å². The van der Waals surface area contributed by atoms with Gasteiger partial charge in [-0.05, 0) is 19.3 Å². The number of Topliss-reactive ketones (excluding diaryl/α,β-unsaturated/α-hetero) is 1. The van der Waals surface area contributed by atoms with E-state index in [1.54, 1.807) is 0 Å². The van der Waals surface area contributed by atoms with Crippen molar-refractivity contribution in [2.75, 3.05) is 0 Å². The molecule has 3 nitrogen and oxygen atoms in total. The first-order valence-electron chi connectivity index (χ1n) is 28.8. The number of ketones is 1. The number of aliphatic carboxylic acids is 1. The Labute approximate surface area is 385 Å². The van der Waals surface area contributed by atoms with E-state index in [0.29, 0.717) is 6.42 Å². The van der Waals surface area contributed by atoms with Gasteiger partial charge in [0.2, 0.25) is 0 Å². The Morgan fingerprint density at radius 1 is 0.262 bits per heavy atom. The molecular weight excluding hydrogens is 745 g/mol. The summed E-state index contributed by atoms with van der Waals surface area (Å²) in [5.74, 6) is -1.65. The average Bonchev–Trinajstić information content (AvgIpc) is 3.26. The minimum absolute atomic E-state index is 0.0550. The van der Waals surface area contributed by atoms with Gasteiger partial charge in [-0.3, -0.25) is 9.59 Å². The van der Waals surface area contributed by atoms with Crippen LogP contribution in [0.15, 0.2) is 0 Å². The molecule has 364 valence electrons. The fourth-order valence-electron chi connectivity index (χ4n) is 9.88. The lowest BCUT2D eigenvalue weighted by Gasteiger charge is -2.20. The Bertz CT molecular complexity index is 852. The zero-order valence-corrected chi connectivity index (χ0v) is 42.5. The standard InChI is InChI=1S/C58H114O3/c1-4-7-10-13-16-19-22-25-28-29-30-31-32-33-35-38-41-44-47-50-53-55(52-49-46-43-40-37-34-26-23-20-17-14-11-8-5-2)57(59)56(58(60)61)54-51-48-45-42-39-36-27-24-21-18-15-12-9-6-3/h55-56H,4-54H2,1-3H3,(H,60,61). The Morgan fingerprint density at radius 2 is 0.426 bits per heavy atom. The third-order valence-electron chi connectivity index (χ3n) is 14.2.